The predicted molar refractivity (Wildman–Crippen MR) is 106 cm³/mol. The summed E-state index contributed by atoms with van der Waals surface area (Å²) in [6.07, 6.45) is 0.641. The van der Waals surface area contributed by atoms with Crippen LogP contribution in [0.3, 0.4) is 0 Å². The van der Waals surface area contributed by atoms with E-state index in [4.69, 9.17) is 4.74 Å². The van der Waals surface area contributed by atoms with Crippen LogP contribution in [-0.2, 0) is 11.2 Å². The third-order valence-corrected chi connectivity index (χ3v) is 4.24. The minimum absolute atomic E-state index is 0.101. The van der Waals surface area contributed by atoms with Crippen LogP contribution in [0.25, 0.3) is 0 Å². The number of carbonyl (C=O) groups is 2. The lowest BCUT2D eigenvalue weighted by Crippen LogP contribution is -2.40. The topological polar surface area (TPSA) is 79.5 Å². The third kappa shape index (κ3) is 6.07. The van der Waals surface area contributed by atoms with Crippen molar-refractivity contribution in [3.05, 3.63) is 58.1 Å². The molecular weight excluding hydrogens is 398 g/mol. The molecule has 0 bridgehead atoms. The minimum atomic E-state index is -0.387. The zero-order chi connectivity index (χ0) is 18.9. The molecule has 2 aromatic rings. The van der Waals surface area contributed by atoms with Crippen LogP contribution in [0.1, 0.15) is 11.1 Å². The largest absolute Gasteiger partial charge is 0.496 e. The van der Waals surface area contributed by atoms with Gasteiger partial charge in [0.15, 0.2) is 0 Å². The summed E-state index contributed by atoms with van der Waals surface area (Å²) >= 11 is 3.38. The number of anilines is 1. The van der Waals surface area contributed by atoms with Crippen molar-refractivity contribution < 1.29 is 14.3 Å². The molecule has 2 aromatic carbocycles. The van der Waals surface area contributed by atoms with Gasteiger partial charge >= 0.3 is 6.03 Å². The van der Waals surface area contributed by atoms with Crippen molar-refractivity contribution in [3.63, 3.8) is 0 Å². The van der Waals surface area contributed by atoms with Crippen LogP contribution in [-0.4, -0.2) is 32.1 Å². The SMILES string of the molecule is COc1ccccc1CCNC(=O)NCC(=O)Nc1ccc(Br)cc1C. The lowest BCUT2D eigenvalue weighted by Gasteiger charge is -2.11. The summed E-state index contributed by atoms with van der Waals surface area (Å²) in [5, 5.41) is 8.05. The summed E-state index contributed by atoms with van der Waals surface area (Å²) in [7, 11) is 1.62. The van der Waals surface area contributed by atoms with E-state index in [2.05, 4.69) is 31.9 Å². The maximum absolute atomic E-state index is 12.0. The highest BCUT2D eigenvalue weighted by Gasteiger charge is 2.08. The summed E-state index contributed by atoms with van der Waals surface area (Å²) in [5.74, 6) is 0.509. The molecule has 0 aliphatic heterocycles. The fraction of sp³-hybridized carbons (Fsp3) is 0.263. The second kappa shape index (κ2) is 9.82. The van der Waals surface area contributed by atoms with E-state index in [9.17, 15) is 9.59 Å². The number of ether oxygens (including phenoxy) is 1. The van der Waals surface area contributed by atoms with Crippen molar-refractivity contribution in [1.29, 1.82) is 0 Å². The Bertz CT molecular complexity index is 780. The Hall–Kier alpha value is -2.54. The van der Waals surface area contributed by atoms with Gasteiger partial charge in [0.2, 0.25) is 5.91 Å². The smallest absolute Gasteiger partial charge is 0.315 e. The number of nitrogens with one attached hydrogen (secondary N) is 3. The van der Waals surface area contributed by atoms with Gasteiger partial charge in [0, 0.05) is 16.7 Å². The van der Waals surface area contributed by atoms with Gasteiger partial charge in [0.05, 0.1) is 13.7 Å². The fourth-order valence-corrected chi connectivity index (χ4v) is 2.88. The molecule has 0 radical (unpaired) electrons. The Morgan fingerprint density at radius 2 is 1.88 bits per heavy atom. The maximum atomic E-state index is 12.0. The average Bonchev–Trinajstić information content (AvgIpc) is 2.63. The molecule has 3 N–H and O–H groups in total. The number of benzene rings is 2. The number of aryl methyl sites for hydroxylation is 1. The van der Waals surface area contributed by atoms with Gasteiger partial charge in [-0.3, -0.25) is 4.79 Å². The molecule has 0 aromatic heterocycles. The van der Waals surface area contributed by atoms with Crippen LogP contribution in [0.2, 0.25) is 0 Å². The molecule has 0 heterocycles. The number of para-hydroxylation sites is 1. The second-order valence-electron chi connectivity index (χ2n) is 5.68. The van der Waals surface area contributed by atoms with Crippen LogP contribution < -0.4 is 20.7 Å². The molecule has 0 saturated heterocycles. The van der Waals surface area contributed by atoms with Crippen LogP contribution in [0.15, 0.2) is 46.9 Å². The quantitative estimate of drug-likeness (QED) is 0.644. The van der Waals surface area contributed by atoms with E-state index < -0.39 is 0 Å². The molecule has 0 aliphatic carbocycles. The average molecular weight is 420 g/mol. The number of urea groups is 1. The highest BCUT2D eigenvalue weighted by molar-refractivity contribution is 9.10. The third-order valence-electron chi connectivity index (χ3n) is 3.74. The van der Waals surface area contributed by atoms with Gasteiger partial charge in [-0.15, -0.1) is 0 Å². The van der Waals surface area contributed by atoms with Gasteiger partial charge in [-0.25, -0.2) is 4.79 Å². The molecule has 0 unspecified atom stereocenters. The van der Waals surface area contributed by atoms with Crippen LogP contribution in [0, 0.1) is 6.92 Å². The molecule has 0 saturated carbocycles. The number of hydrogen-bond donors (Lipinski definition) is 3. The van der Waals surface area contributed by atoms with Gasteiger partial charge in [-0.2, -0.15) is 0 Å². The van der Waals surface area contributed by atoms with Gasteiger partial charge in [0.25, 0.3) is 0 Å². The molecular formula is C19H22BrN3O3. The molecule has 138 valence electrons. The van der Waals surface area contributed by atoms with E-state index in [0.717, 1.165) is 27.0 Å². The summed E-state index contributed by atoms with van der Waals surface area (Å²) in [6, 6.07) is 12.8. The molecule has 3 amide bonds. The van der Waals surface area contributed by atoms with Gasteiger partial charge in [-0.05, 0) is 48.7 Å². The van der Waals surface area contributed by atoms with E-state index in [1.165, 1.54) is 0 Å². The first-order valence-corrected chi connectivity index (χ1v) is 8.98. The number of halogens is 1. The summed E-state index contributed by atoms with van der Waals surface area (Å²) < 4.78 is 6.22. The Morgan fingerprint density at radius 1 is 1.12 bits per heavy atom. The van der Waals surface area contributed by atoms with Crippen molar-refractivity contribution in [1.82, 2.24) is 10.6 Å². The van der Waals surface area contributed by atoms with Gasteiger partial charge in [0.1, 0.15) is 5.75 Å². The highest BCUT2D eigenvalue weighted by atomic mass is 79.9. The van der Waals surface area contributed by atoms with E-state index in [1.807, 2.05) is 49.4 Å². The van der Waals surface area contributed by atoms with Crippen molar-refractivity contribution in [3.8, 4) is 5.75 Å². The minimum Gasteiger partial charge on any atom is -0.496 e. The Morgan fingerprint density at radius 3 is 2.62 bits per heavy atom. The van der Waals surface area contributed by atoms with Gasteiger partial charge < -0.3 is 20.7 Å². The fourth-order valence-electron chi connectivity index (χ4n) is 2.40. The monoisotopic (exact) mass is 419 g/mol. The standard InChI is InChI=1S/C19H22BrN3O3/c1-13-11-15(20)7-8-16(13)23-18(24)12-22-19(25)21-10-9-14-5-3-4-6-17(14)26-2/h3-8,11H,9-10,12H2,1-2H3,(H,23,24)(H2,21,22,25). The Labute approximate surface area is 161 Å². The van der Waals surface area contributed by atoms with Crippen molar-refractivity contribution in [2.45, 2.75) is 13.3 Å². The summed E-state index contributed by atoms with van der Waals surface area (Å²) in [4.78, 5) is 23.8. The normalized spacial score (nSPS) is 10.1. The first-order chi connectivity index (χ1) is 12.5. The molecule has 26 heavy (non-hydrogen) atoms. The maximum Gasteiger partial charge on any atom is 0.315 e. The van der Waals surface area contributed by atoms with Gasteiger partial charge in [-0.1, -0.05) is 34.1 Å². The number of rotatable bonds is 7. The van der Waals surface area contributed by atoms with E-state index in [-0.39, 0.29) is 18.5 Å². The predicted octanol–water partition coefficient (Wildman–Crippen LogP) is 3.25. The first kappa shape index (κ1) is 19.8. The first-order valence-electron chi connectivity index (χ1n) is 8.19. The van der Waals surface area contributed by atoms with Crippen LogP contribution >= 0.6 is 15.9 Å². The molecule has 0 aliphatic rings. The Kier molecular flexibility index (Phi) is 7.47. The summed E-state index contributed by atoms with van der Waals surface area (Å²) in [5.41, 5.74) is 2.67. The highest BCUT2D eigenvalue weighted by Crippen LogP contribution is 2.20. The van der Waals surface area contributed by atoms with Crippen LogP contribution in [0.4, 0.5) is 10.5 Å². The van der Waals surface area contributed by atoms with Crippen molar-refractivity contribution >= 4 is 33.6 Å². The number of methoxy groups -OCH3 is 1. The number of amides is 3. The zero-order valence-electron chi connectivity index (χ0n) is 14.8. The number of hydrogen-bond acceptors (Lipinski definition) is 3. The summed E-state index contributed by atoms with van der Waals surface area (Å²) in [6.45, 7) is 2.24. The Balaban J connectivity index is 1.72. The zero-order valence-corrected chi connectivity index (χ0v) is 16.4. The molecule has 0 spiro atoms. The lowest BCUT2D eigenvalue weighted by molar-refractivity contribution is -0.115. The molecule has 0 fully saturated rings. The molecule has 7 heteroatoms. The lowest BCUT2D eigenvalue weighted by atomic mass is 10.1. The molecule has 6 nitrogen and oxygen atoms in total. The van der Waals surface area contributed by atoms with E-state index in [1.54, 1.807) is 7.11 Å². The molecule has 0 atom stereocenters. The van der Waals surface area contributed by atoms with E-state index >= 15 is 0 Å². The second-order valence-corrected chi connectivity index (χ2v) is 6.59. The van der Waals surface area contributed by atoms with Crippen LogP contribution in [0.5, 0.6) is 5.75 Å². The van der Waals surface area contributed by atoms with Crippen molar-refractivity contribution in [2.75, 3.05) is 25.5 Å². The number of carbonyl (C=O) groups excluding carboxylic acids is 2. The van der Waals surface area contributed by atoms with E-state index in [0.29, 0.717) is 13.0 Å². The molecule has 2 rings (SSSR count). The van der Waals surface area contributed by atoms with Crippen molar-refractivity contribution in [2.24, 2.45) is 0 Å².